The highest BCUT2D eigenvalue weighted by Crippen LogP contribution is 2.09. The Morgan fingerprint density at radius 3 is 2.77 bits per heavy atom. The third kappa shape index (κ3) is 9.30. The third-order valence-corrected chi connectivity index (χ3v) is 1.89. The molecule has 0 fully saturated rings. The van der Waals surface area contributed by atoms with E-state index in [0.717, 1.165) is 19.3 Å². The van der Waals surface area contributed by atoms with Crippen molar-refractivity contribution in [2.45, 2.75) is 32.6 Å². The second kappa shape index (κ2) is 8.01. The van der Waals surface area contributed by atoms with Crippen LogP contribution in [0, 0.1) is 11.3 Å². The molecule has 0 amide bonds. The Balaban J connectivity index is 3.16. The maximum absolute atomic E-state index is 8.39. The maximum Gasteiger partial charge on any atom is 0.143 e. The largest absolute Gasteiger partial charge is 0.388 e. The molecule has 0 aromatic carbocycles. The van der Waals surface area contributed by atoms with E-state index in [4.69, 9.17) is 21.0 Å². The molecule has 0 saturated heterocycles. The number of nitrogens with two attached hydrogens (primary N) is 1. The molecule has 0 aliphatic rings. The number of amidine groups is 1. The van der Waals surface area contributed by atoms with E-state index in [1.54, 1.807) is 0 Å². The van der Waals surface area contributed by atoms with E-state index in [9.17, 15) is 0 Å². The molecule has 0 rings (SSSR count). The fourth-order valence-corrected chi connectivity index (χ4v) is 1.15. The van der Waals surface area contributed by atoms with Gasteiger partial charge in [0.25, 0.3) is 0 Å². The van der Waals surface area contributed by atoms with E-state index >= 15 is 0 Å². The molecular weight excluding hydrogens is 168 g/mol. The van der Waals surface area contributed by atoms with Crippen molar-refractivity contribution in [2.24, 2.45) is 11.7 Å². The molecular formula is C9H20N2O2. The Morgan fingerprint density at radius 2 is 2.23 bits per heavy atom. The summed E-state index contributed by atoms with van der Waals surface area (Å²) in [6.45, 7) is 2.50. The van der Waals surface area contributed by atoms with E-state index in [-0.39, 0.29) is 12.6 Å². The number of ether oxygens (including phenoxy) is 1. The molecule has 0 aliphatic carbocycles. The molecule has 0 aromatic rings. The van der Waals surface area contributed by atoms with E-state index in [0.29, 0.717) is 18.9 Å². The predicted octanol–water partition coefficient (Wildman–Crippen LogP) is 1.09. The van der Waals surface area contributed by atoms with Crippen molar-refractivity contribution in [2.75, 3.05) is 13.4 Å². The first-order valence-corrected chi connectivity index (χ1v) is 4.68. The number of hydrogen-bond acceptors (Lipinski definition) is 3. The summed E-state index contributed by atoms with van der Waals surface area (Å²) in [4.78, 5) is 0. The number of nitrogens with one attached hydrogen (secondary N) is 1. The SMILES string of the molecule is CC(CCCCC(=N)N)COCO. The molecule has 1 unspecified atom stereocenters. The normalized spacial score (nSPS) is 12.8. The van der Waals surface area contributed by atoms with Gasteiger partial charge in [-0.15, -0.1) is 0 Å². The van der Waals surface area contributed by atoms with Crippen molar-refractivity contribution in [3.8, 4) is 0 Å². The Hall–Kier alpha value is -0.610. The summed E-state index contributed by atoms with van der Waals surface area (Å²) in [5.41, 5.74) is 5.22. The summed E-state index contributed by atoms with van der Waals surface area (Å²) < 4.78 is 4.86. The molecule has 0 saturated carbocycles. The monoisotopic (exact) mass is 188 g/mol. The van der Waals surface area contributed by atoms with Gasteiger partial charge in [-0.3, -0.25) is 5.41 Å². The van der Waals surface area contributed by atoms with E-state index < -0.39 is 0 Å². The average molecular weight is 188 g/mol. The molecule has 0 heterocycles. The molecule has 4 heteroatoms. The van der Waals surface area contributed by atoms with Gasteiger partial charge in [-0.2, -0.15) is 0 Å². The number of aliphatic hydroxyl groups is 1. The zero-order valence-corrected chi connectivity index (χ0v) is 8.25. The molecule has 0 spiro atoms. The van der Waals surface area contributed by atoms with Gasteiger partial charge in [0.05, 0.1) is 12.4 Å². The summed E-state index contributed by atoms with van der Waals surface area (Å²) >= 11 is 0. The summed E-state index contributed by atoms with van der Waals surface area (Å²) in [7, 11) is 0. The standard InChI is InChI=1S/C9H20N2O2/c1-8(6-13-7-12)4-2-3-5-9(10)11/h8,12H,2-7H2,1H3,(H3,10,11). The summed E-state index contributed by atoms with van der Waals surface area (Å²) in [5.74, 6) is 0.735. The van der Waals surface area contributed by atoms with Gasteiger partial charge in [0.1, 0.15) is 6.79 Å². The van der Waals surface area contributed by atoms with Crippen LogP contribution >= 0.6 is 0 Å². The van der Waals surface area contributed by atoms with Crippen LogP contribution in [0.1, 0.15) is 32.6 Å². The second-order valence-electron chi connectivity index (χ2n) is 3.38. The molecule has 0 bridgehead atoms. The topological polar surface area (TPSA) is 79.3 Å². The van der Waals surface area contributed by atoms with Crippen LogP contribution in [0.2, 0.25) is 0 Å². The molecule has 78 valence electrons. The Labute approximate surface area is 79.6 Å². The smallest absolute Gasteiger partial charge is 0.143 e. The van der Waals surface area contributed by atoms with Crippen LogP contribution in [0.25, 0.3) is 0 Å². The fraction of sp³-hybridized carbons (Fsp3) is 0.889. The molecule has 0 aromatic heterocycles. The van der Waals surface area contributed by atoms with Crippen LogP contribution in [-0.4, -0.2) is 24.3 Å². The van der Waals surface area contributed by atoms with E-state index in [1.165, 1.54) is 0 Å². The van der Waals surface area contributed by atoms with Crippen molar-refractivity contribution in [1.29, 1.82) is 5.41 Å². The third-order valence-electron chi connectivity index (χ3n) is 1.89. The van der Waals surface area contributed by atoms with Gasteiger partial charge in [0.2, 0.25) is 0 Å². The lowest BCUT2D eigenvalue weighted by atomic mass is 10.0. The molecule has 1 atom stereocenters. The van der Waals surface area contributed by atoms with Crippen molar-refractivity contribution < 1.29 is 9.84 Å². The van der Waals surface area contributed by atoms with Gasteiger partial charge >= 0.3 is 0 Å². The molecule has 4 nitrogen and oxygen atoms in total. The Morgan fingerprint density at radius 1 is 1.54 bits per heavy atom. The zero-order chi connectivity index (χ0) is 10.1. The number of unbranched alkanes of at least 4 members (excludes halogenated alkanes) is 1. The van der Waals surface area contributed by atoms with Gasteiger partial charge in [-0.1, -0.05) is 13.3 Å². The quantitative estimate of drug-likeness (QED) is 0.231. The predicted molar refractivity (Wildman–Crippen MR) is 52.6 cm³/mol. The lowest BCUT2D eigenvalue weighted by molar-refractivity contribution is -0.0163. The van der Waals surface area contributed by atoms with Gasteiger partial charge in [0.15, 0.2) is 0 Å². The summed E-state index contributed by atoms with van der Waals surface area (Å²) in [6, 6.07) is 0. The van der Waals surface area contributed by atoms with Gasteiger partial charge in [-0.25, -0.2) is 0 Å². The first-order valence-electron chi connectivity index (χ1n) is 4.68. The summed E-state index contributed by atoms with van der Waals surface area (Å²) in [5, 5.41) is 15.4. The molecule has 0 radical (unpaired) electrons. The number of aliphatic hydroxyl groups excluding tert-OH is 1. The van der Waals surface area contributed by atoms with Crippen LogP contribution < -0.4 is 5.73 Å². The van der Waals surface area contributed by atoms with Crippen molar-refractivity contribution >= 4 is 5.84 Å². The molecule has 4 N–H and O–H groups in total. The average Bonchev–Trinajstić information content (AvgIpc) is 2.08. The Bertz CT molecular complexity index is 140. The lowest BCUT2D eigenvalue weighted by Crippen LogP contribution is -2.10. The van der Waals surface area contributed by atoms with Gasteiger partial charge in [-0.05, 0) is 18.8 Å². The van der Waals surface area contributed by atoms with Crippen molar-refractivity contribution in [3.05, 3.63) is 0 Å². The minimum Gasteiger partial charge on any atom is -0.388 e. The second-order valence-corrected chi connectivity index (χ2v) is 3.38. The summed E-state index contributed by atoms with van der Waals surface area (Å²) in [6.07, 6.45) is 3.79. The number of hydrogen-bond donors (Lipinski definition) is 3. The van der Waals surface area contributed by atoms with Gasteiger partial charge in [0, 0.05) is 6.42 Å². The van der Waals surface area contributed by atoms with Crippen LogP contribution in [0.4, 0.5) is 0 Å². The van der Waals surface area contributed by atoms with Gasteiger partial charge < -0.3 is 15.6 Å². The fourth-order valence-electron chi connectivity index (χ4n) is 1.15. The van der Waals surface area contributed by atoms with E-state index in [2.05, 4.69) is 6.92 Å². The lowest BCUT2D eigenvalue weighted by Gasteiger charge is -2.09. The first kappa shape index (κ1) is 12.4. The van der Waals surface area contributed by atoms with Crippen molar-refractivity contribution in [1.82, 2.24) is 0 Å². The van der Waals surface area contributed by atoms with Crippen LogP contribution in [0.15, 0.2) is 0 Å². The minimum absolute atomic E-state index is 0.197. The highest BCUT2D eigenvalue weighted by Gasteiger charge is 2.01. The minimum atomic E-state index is -0.197. The van der Waals surface area contributed by atoms with Crippen molar-refractivity contribution in [3.63, 3.8) is 0 Å². The van der Waals surface area contributed by atoms with Crippen LogP contribution in [0.5, 0.6) is 0 Å². The maximum atomic E-state index is 8.39. The number of rotatable bonds is 8. The highest BCUT2D eigenvalue weighted by atomic mass is 16.6. The first-order chi connectivity index (χ1) is 6.16. The van der Waals surface area contributed by atoms with Crippen LogP contribution in [-0.2, 0) is 4.74 Å². The van der Waals surface area contributed by atoms with E-state index in [1.807, 2.05) is 0 Å². The van der Waals surface area contributed by atoms with Crippen LogP contribution in [0.3, 0.4) is 0 Å². The zero-order valence-electron chi connectivity index (χ0n) is 8.25. The molecule has 13 heavy (non-hydrogen) atoms. The Kier molecular flexibility index (Phi) is 7.63. The molecule has 0 aliphatic heterocycles. The highest BCUT2D eigenvalue weighted by molar-refractivity contribution is 5.76.